The molecule has 3 rings (SSSR count). The van der Waals surface area contributed by atoms with Crippen LogP contribution in [-0.4, -0.2) is 29.0 Å². The number of benzene rings is 1. The number of sulfonamides is 1. The predicted molar refractivity (Wildman–Crippen MR) is 99.1 cm³/mol. The summed E-state index contributed by atoms with van der Waals surface area (Å²) in [6, 6.07) is 4.78. The van der Waals surface area contributed by atoms with Crippen LogP contribution in [0.4, 0.5) is 0 Å². The van der Waals surface area contributed by atoms with Gasteiger partial charge in [0.25, 0.3) is 0 Å². The first-order chi connectivity index (χ1) is 11.9. The SMILES string of the molecule is CCCCn1c(S[C@@H]2CCCCC2=O)nc2cc(S(N)(=O)=O)ccc21. The van der Waals surface area contributed by atoms with Crippen LogP contribution >= 0.6 is 11.8 Å². The van der Waals surface area contributed by atoms with Gasteiger partial charge < -0.3 is 4.57 Å². The van der Waals surface area contributed by atoms with E-state index < -0.39 is 10.0 Å². The van der Waals surface area contributed by atoms with Crippen molar-refractivity contribution >= 4 is 38.6 Å². The number of nitrogens with zero attached hydrogens (tertiary/aromatic N) is 2. The normalized spacial score (nSPS) is 18.8. The van der Waals surface area contributed by atoms with Gasteiger partial charge in [-0.25, -0.2) is 18.5 Å². The third-order valence-electron chi connectivity index (χ3n) is 4.49. The molecule has 2 aromatic rings. The van der Waals surface area contributed by atoms with Crippen LogP contribution in [0.1, 0.15) is 45.4 Å². The van der Waals surface area contributed by atoms with E-state index in [-0.39, 0.29) is 15.9 Å². The highest BCUT2D eigenvalue weighted by molar-refractivity contribution is 8.00. The molecule has 0 aliphatic heterocycles. The number of aromatic nitrogens is 2. The van der Waals surface area contributed by atoms with Gasteiger partial charge in [0.2, 0.25) is 10.0 Å². The van der Waals surface area contributed by atoms with Gasteiger partial charge in [0, 0.05) is 13.0 Å². The monoisotopic (exact) mass is 381 g/mol. The van der Waals surface area contributed by atoms with E-state index in [0.717, 1.165) is 49.3 Å². The summed E-state index contributed by atoms with van der Waals surface area (Å²) in [6.45, 7) is 2.92. The molecule has 1 fully saturated rings. The Morgan fingerprint density at radius 1 is 1.36 bits per heavy atom. The number of primary sulfonamides is 1. The average Bonchev–Trinajstić information content (AvgIpc) is 2.90. The third kappa shape index (κ3) is 4.07. The van der Waals surface area contributed by atoms with Crippen molar-refractivity contribution in [3.63, 3.8) is 0 Å². The van der Waals surface area contributed by atoms with E-state index in [9.17, 15) is 13.2 Å². The molecule has 1 aromatic heterocycles. The molecule has 8 heteroatoms. The summed E-state index contributed by atoms with van der Waals surface area (Å²) in [5, 5.41) is 5.96. The van der Waals surface area contributed by atoms with Gasteiger partial charge in [0.15, 0.2) is 5.16 Å². The average molecular weight is 382 g/mol. The van der Waals surface area contributed by atoms with E-state index in [2.05, 4.69) is 16.5 Å². The van der Waals surface area contributed by atoms with Crippen molar-refractivity contribution in [3.05, 3.63) is 18.2 Å². The molecule has 6 nitrogen and oxygen atoms in total. The van der Waals surface area contributed by atoms with Gasteiger partial charge in [0.05, 0.1) is 21.2 Å². The number of fused-ring (bicyclic) bond motifs is 1. The van der Waals surface area contributed by atoms with E-state index in [4.69, 9.17) is 5.14 Å². The highest BCUT2D eigenvalue weighted by atomic mass is 32.2. The standard InChI is InChI=1S/C17H23N3O3S2/c1-2-3-10-20-14-9-8-12(25(18,22)23)11-13(14)19-17(20)24-16-7-5-4-6-15(16)21/h8-9,11,16H,2-7,10H2,1H3,(H2,18,22,23)/t16-/m1/s1. The Balaban J connectivity index is 2.01. The molecule has 1 heterocycles. The molecule has 136 valence electrons. The summed E-state index contributed by atoms with van der Waals surface area (Å²) in [4.78, 5) is 16.9. The zero-order valence-electron chi connectivity index (χ0n) is 14.3. The highest BCUT2D eigenvalue weighted by Gasteiger charge is 2.26. The third-order valence-corrected chi connectivity index (χ3v) is 6.71. The summed E-state index contributed by atoms with van der Waals surface area (Å²) in [6.07, 6.45) is 5.59. The molecule has 0 unspecified atom stereocenters. The number of unbranched alkanes of at least 4 members (excludes halogenated alkanes) is 1. The van der Waals surface area contributed by atoms with Crippen LogP contribution in [0.2, 0.25) is 0 Å². The van der Waals surface area contributed by atoms with E-state index in [1.165, 1.54) is 23.9 Å². The maximum Gasteiger partial charge on any atom is 0.238 e. The van der Waals surface area contributed by atoms with Crippen molar-refractivity contribution in [3.8, 4) is 0 Å². The smallest absolute Gasteiger partial charge is 0.238 e. The minimum absolute atomic E-state index is 0.0522. The summed E-state index contributed by atoms with van der Waals surface area (Å²) >= 11 is 1.51. The first-order valence-corrected chi connectivity index (χ1v) is 11.0. The number of carbonyl (C=O) groups is 1. The first-order valence-electron chi connectivity index (χ1n) is 8.62. The van der Waals surface area contributed by atoms with Gasteiger partial charge >= 0.3 is 0 Å². The summed E-state index contributed by atoms with van der Waals surface area (Å²) in [7, 11) is -3.76. The van der Waals surface area contributed by atoms with E-state index in [1.807, 2.05) is 0 Å². The number of aryl methyl sites for hydroxylation is 1. The lowest BCUT2D eigenvalue weighted by atomic mass is 9.99. The van der Waals surface area contributed by atoms with Crippen LogP contribution < -0.4 is 5.14 Å². The molecule has 1 saturated carbocycles. The number of imidazole rings is 1. The number of carbonyl (C=O) groups excluding carboxylic acids is 1. The van der Waals surface area contributed by atoms with Gasteiger partial charge in [-0.05, 0) is 37.5 Å². The predicted octanol–water partition coefficient (Wildman–Crippen LogP) is 3.09. The zero-order valence-corrected chi connectivity index (χ0v) is 15.9. The van der Waals surface area contributed by atoms with Crippen LogP contribution in [0.3, 0.4) is 0 Å². The van der Waals surface area contributed by atoms with Gasteiger partial charge in [-0.1, -0.05) is 31.5 Å². The highest BCUT2D eigenvalue weighted by Crippen LogP contribution is 2.34. The molecular weight excluding hydrogens is 358 g/mol. The second-order valence-electron chi connectivity index (χ2n) is 6.41. The fourth-order valence-corrected chi connectivity index (χ4v) is 4.88. The maximum absolute atomic E-state index is 12.2. The van der Waals surface area contributed by atoms with E-state index in [0.29, 0.717) is 11.9 Å². The maximum atomic E-state index is 12.2. The minimum Gasteiger partial charge on any atom is -0.319 e. The molecule has 2 N–H and O–H groups in total. The number of rotatable bonds is 6. The molecule has 0 radical (unpaired) electrons. The van der Waals surface area contributed by atoms with Crippen molar-refractivity contribution < 1.29 is 13.2 Å². The molecule has 1 aliphatic rings. The number of hydrogen-bond acceptors (Lipinski definition) is 5. The lowest BCUT2D eigenvalue weighted by Crippen LogP contribution is -2.21. The Kier molecular flexibility index (Phi) is 5.50. The second kappa shape index (κ2) is 7.47. The number of Topliss-reactive ketones (excluding diaryl/α,β-unsaturated/α-hetero) is 1. The largest absolute Gasteiger partial charge is 0.319 e. The van der Waals surface area contributed by atoms with Crippen molar-refractivity contribution in [1.82, 2.24) is 9.55 Å². The minimum atomic E-state index is -3.76. The van der Waals surface area contributed by atoms with Crippen molar-refractivity contribution in [1.29, 1.82) is 0 Å². The lowest BCUT2D eigenvalue weighted by molar-refractivity contribution is -0.119. The Morgan fingerprint density at radius 3 is 2.84 bits per heavy atom. The lowest BCUT2D eigenvalue weighted by Gasteiger charge is -2.19. The van der Waals surface area contributed by atoms with Gasteiger partial charge in [-0.2, -0.15) is 0 Å². The van der Waals surface area contributed by atoms with Crippen LogP contribution in [0.5, 0.6) is 0 Å². The molecule has 0 amide bonds. The molecule has 0 saturated heterocycles. The van der Waals surface area contributed by atoms with Crippen LogP contribution in [0.25, 0.3) is 11.0 Å². The summed E-state index contributed by atoms with van der Waals surface area (Å²) < 4.78 is 25.3. The van der Waals surface area contributed by atoms with Gasteiger partial charge in [0.1, 0.15) is 5.78 Å². The molecule has 1 aromatic carbocycles. The molecule has 25 heavy (non-hydrogen) atoms. The van der Waals surface area contributed by atoms with Gasteiger partial charge in [-0.3, -0.25) is 4.79 Å². The first kappa shape index (κ1) is 18.4. The Labute approximate surface area is 152 Å². The fraction of sp³-hybridized carbons (Fsp3) is 0.529. The second-order valence-corrected chi connectivity index (χ2v) is 9.14. The number of ketones is 1. The molecule has 0 bridgehead atoms. The van der Waals surface area contributed by atoms with Gasteiger partial charge in [-0.15, -0.1) is 0 Å². The van der Waals surface area contributed by atoms with Crippen molar-refractivity contribution in [2.45, 2.75) is 67.3 Å². The number of nitrogens with two attached hydrogens (primary N) is 1. The summed E-state index contributed by atoms with van der Waals surface area (Å²) in [5.41, 5.74) is 1.49. The molecular formula is C17H23N3O3S2. The van der Waals surface area contributed by atoms with Crippen LogP contribution in [0, 0.1) is 0 Å². The quantitative estimate of drug-likeness (QED) is 0.829. The number of hydrogen-bond donors (Lipinski definition) is 1. The Morgan fingerprint density at radius 2 is 2.16 bits per heavy atom. The van der Waals surface area contributed by atoms with Crippen molar-refractivity contribution in [2.75, 3.05) is 0 Å². The van der Waals surface area contributed by atoms with E-state index in [1.54, 1.807) is 6.07 Å². The van der Waals surface area contributed by atoms with Crippen LogP contribution in [0.15, 0.2) is 28.3 Å². The zero-order chi connectivity index (χ0) is 18.0. The topological polar surface area (TPSA) is 95.0 Å². The van der Waals surface area contributed by atoms with Crippen LogP contribution in [-0.2, 0) is 21.4 Å². The van der Waals surface area contributed by atoms with E-state index >= 15 is 0 Å². The fourth-order valence-electron chi connectivity index (χ4n) is 3.09. The van der Waals surface area contributed by atoms with Crippen molar-refractivity contribution in [2.24, 2.45) is 5.14 Å². The molecule has 1 atom stereocenters. The molecule has 0 spiro atoms. The Hall–Kier alpha value is -1.38. The Bertz CT molecular complexity index is 890. The number of thioether (sulfide) groups is 1. The molecule has 1 aliphatic carbocycles. The summed E-state index contributed by atoms with van der Waals surface area (Å²) in [5.74, 6) is 0.288.